The minimum Gasteiger partial charge on any atom is -0.292 e. The van der Waals surface area contributed by atoms with Crippen LogP contribution in [0.15, 0.2) is 59.5 Å². The number of hydrogen-bond acceptors (Lipinski definition) is 4. The van der Waals surface area contributed by atoms with Crippen molar-refractivity contribution < 1.29 is 13.3 Å². The summed E-state index contributed by atoms with van der Waals surface area (Å²) in [6.45, 7) is 0.462. The number of anilines is 1. The van der Waals surface area contributed by atoms with E-state index < -0.39 is 10.0 Å². The SMILES string of the molecule is CN1OC2(CC2)[C@@H]2CN(S(=O)(=O)c3ccccc3)c3ccccc3[C@@H]21. The van der Waals surface area contributed by atoms with Gasteiger partial charge < -0.3 is 0 Å². The van der Waals surface area contributed by atoms with E-state index in [0.29, 0.717) is 11.4 Å². The van der Waals surface area contributed by atoms with Crippen molar-refractivity contribution in [1.82, 2.24) is 5.06 Å². The normalized spacial score (nSPS) is 27.2. The Labute approximate surface area is 147 Å². The molecular formula is C19H20N2O3S. The van der Waals surface area contributed by atoms with Gasteiger partial charge in [-0.15, -0.1) is 0 Å². The molecule has 130 valence electrons. The van der Waals surface area contributed by atoms with Gasteiger partial charge in [0.05, 0.1) is 22.2 Å². The van der Waals surface area contributed by atoms with Crippen LogP contribution in [-0.4, -0.2) is 32.7 Å². The lowest BCUT2D eigenvalue weighted by molar-refractivity contribution is -0.155. The van der Waals surface area contributed by atoms with Gasteiger partial charge in [-0.2, -0.15) is 5.06 Å². The largest absolute Gasteiger partial charge is 0.292 e. The van der Waals surface area contributed by atoms with Crippen LogP contribution in [0.4, 0.5) is 5.69 Å². The van der Waals surface area contributed by atoms with Crippen LogP contribution in [0.2, 0.25) is 0 Å². The van der Waals surface area contributed by atoms with Crippen molar-refractivity contribution in [2.24, 2.45) is 5.92 Å². The van der Waals surface area contributed by atoms with Crippen LogP contribution in [0.5, 0.6) is 0 Å². The molecule has 1 saturated carbocycles. The Morgan fingerprint density at radius 2 is 1.72 bits per heavy atom. The molecule has 0 radical (unpaired) electrons. The molecule has 5 rings (SSSR count). The Morgan fingerprint density at radius 3 is 2.44 bits per heavy atom. The molecule has 0 aromatic heterocycles. The number of para-hydroxylation sites is 1. The van der Waals surface area contributed by atoms with E-state index >= 15 is 0 Å². The summed E-state index contributed by atoms with van der Waals surface area (Å²) in [6, 6.07) is 16.6. The number of benzene rings is 2. The quantitative estimate of drug-likeness (QED) is 0.830. The summed E-state index contributed by atoms with van der Waals surface area (Å²) in [5, 5.41) is 1.93. The topological polar surface area (TPSA) is 49.9 Å². The number of nitrogens with zero attached hydrogens (tertiary/aromatic N) is 2. The molecule has 3 aliphatic rings. The highest BCUT2D eigenvalue weighted by molar-refractivity contribution is 7.92. The molecule has 0 unspecified atom stereocenters. The maximum Gasteiger partial charge on any atom is 0.264 e. The molecular weight excluding hydrogens is 336 g/mol. The zero-order valence-electron chi connectivity index (χ0n) is 14.0. The summed E-state index contributed by atoms with van der Waals surface area (Å²) in [5.41, 5.74) is 1.61. The number of sulfonamides is 1. The number of hydrogen-bond donors (Lipinski definition) is 0. The molecule has 2 aromatic rings. The van der Waals surface area contributed by atoms with Crippen LogP contribution < -0.4 is 4.31 Å². The fraction of sp³-hybridized carbons (Fsp3) is 0.368. The fourth-order valence-electron chi connectivity index (χ4n) is 4.41. The predicted octanol–water partition coefficient (Wildman–Crippen LogP) is 2.96. The van der Waals surface area contributed by atoms with Crippen LogP contribution >= 0.6 is 0 Å². The standard InChI is InChI=1S/C19H20N2O3S/c1-20-18-15-9-5-6-10-17(15)21(13-16(18)19(24-20)11-12-19)25(22,23)14-7-3-2-4-8-14/h2-10,16,18H,11-13H2,1H3/t16-,18+/m1/s1. The Bertz CT molecular complexity index is 925. The smallest absolute Gasteiger partial charge is 0.264 e. The molecule has 25 heavy (non-hydrogen) atoms. The molecule has 2 aromatic carbocycles. The summed E-state index contributed by atoms with van der Waals surface area (Å²) in [6.07, 6.45) is 2.00. The summed E-state index contributed by atoms with van der Waals surface area (Å²) >= 11 is 0. The molecule has 0 N–H and O–H groups in total. The molecule has 1 spiro atoms. The molecule has 2 fully saturated rings. The minimum atomic E-state index is -3.59. The summed E-state index contributed by atoms with van der Waals surface area (Å²) in [4.78, 5) is 6.48. The maximum absolute atomic E-state index is 13.3. The molecule has 1 saturated heterocycles. The highest BCUT2D eigenvalue weighted by atomic mass is 32.2. The predicted molar refractivity (Wildman–Crippen MR) is 94.5 cm³/mol. The Morgan fingerprint density at radius 1 is 1.04 bits per heavy atom. The Kier molecular flexibility index (Phi) is 3.11. The van der Waals surface area contributed by atoms with Crippen molar-refractivity contribution >= 4 is 15.7 Å². The van der Waals surface area contributed by atoms with Crippen LogP contribution in [0.3, 0.4) is 0 Å². The van der Waals surface area contributed by atoms with Crippen molar-refractivity contribution in [2.45, 2.75) is 29.4 Å². The fourth-order valence-corrected chi connectivity index (χ4v) is 5.94. The van der Waals surface area contributed by atoms with Gasteiger partial charge in [-0.25, -0.2) is 8.42 Å². The third-order valence-electron chi connectivity index (χ3n) is 5.74. The first-order valence-electron chi connectivity index (χ1n) is 8.62. The van der Waals surface area contributed by atoms with Gasteiger partial charge in [0.25, 0.3) is 10.0 Å². The Hall–Kier alpha value is -1.89. The van der Waals surface area contributed by atoms with E-state index in [1.807, 2.05) is 42.4 Å². The van der Waals surface area contributed by atoms with E-state index in [1.54, 1.807) is 28.6 Å². The van der Waals surface area contributed by atoms with E-state index in [4.69, 9.17) is 4.84 Å². The monoisotopic (exact) mass is 356 g/mol. The van der Waals surface area contributed by atoms with E-state index in [9.17, 15) is 8.42 Å². The summed E-state index contributed by atoms with van der Waals surface area (Å²) < 4.78 is 28.2. The average molecular weight is 356 g/mol. The van der Waals surface area contributed by atoms with Gasteiger partial charge in [0, 0.05) is 19.5 Å². The van der Waals surface area contributed by atoms with Gasteiger partial charge in [-0.3, -0.25) is 9.14 Å². The van der Waals surface area contributed by atoms with Crippen LogP contribution in [0.25, 0.3) is 0 Å². The van der Waals surface area contributed by atoms with Crippen LogP contribution in [0, 0.1) is 5.92 Å². The van der Waals surface area contributed by atoms with Crippen molar-refractivity contribution in [1.29, 1.82) is 0 Å². The molecule has 0 bridgehead atoms. The first kappa shape index (κ1) is 15.4. The summed E-state index contributed by atoms with van der Waals surface area (Å²) in [7, 11) is -1.63. The molecule has 2 aliphatic heterocycles. The second-order valence-electron chi connectivity index (χ2n) is 7.16. The third-order valence-corrected chi connectivity index (χ3v) is 7.53. The molecule has 2 atom stereocenters. The Balaban J connectivity index is 1.66. The second-order valence-corrected chi connectivity index (χ2v) is 9.02. The lowest BCUT2D eigenvalue weighted by Crippen LogP contribution is -2.44. The maximum atomic E-state index is 13.3. The average Bonchev–Trinajstić information content (AvgIpc) is 3.34. The van der Waals surface area contributed by atoms with E-state index in [-0.39, 0.29) is 17.6 Å². The van der Waals surface area contributed by atoms with Crippen molar-refractivity contribution in [2.75, 3.05) is 17.9 Å². The number of hydroxylamine groups is 2. The van der Waals surface area contributed by atoms with Gasteiger partial charge >= 0.3 is 0 Å². The molecule has 5 nitrogen and oxygen atoms in total. The van der Waals surface area contributed by atoms with E-state index in [2.05, 4.69) is 0 Å². The highest BCUT2D eigenvalue weighted by Gasteiger charge is 2.63. The highest BCUT2D eigenvalue weighted by Crippen LogP contribution is 2.60. The van der Waals surface area contributed by atoms with E-state index in [1.165, 1.54) is 0 Å². The van der Waals surface area contributed by atoms with Gasteiger partial charge in [0.15, 0.2) is 0 Å². The van der Waals surface area contributed by atoms with Gasteiger partial charge in [-0.05, 0) is 36.6 Å². The molecule has 6 heteroatoms. The zero-order chi connectivity index (χ0) is 17.2. The van der Waals surface area contributed by atoms with Crippen molar-refractivity contribution in [3.63, 3.8) is 0 Å². The van der Waals surface area contributed by atoms with Gasteiger partial charge in [-0.1, -0.05) is 36.4 Å². The lowest BCUT2D eigenvalue weighted by Gasteiger charge is -2.38. The summed E-state index contributed by atoms with van der Waals surface area (Å²) in [5.74, 6) is 0.158. The molecule has 1 aliphatic carbocycles. The lowest BCUT2D eigenvalue weighted by atomic mass is 9.84. The third kappa shape index (κ3) is 2.11. The second kappa shape index (κ2) is 5.06. The molecule has 0 amide bonds. The minimum absolute atomic E-state index is 0.112. The first-order chi connectivity index (χ1) is 12.0. The zero-order valence-corrected chi connectivity index (χ0v) is 14.8. The first-order valence-corrected chi connectivity index (χ1v) is 10.1. The van der Waals surface area contributed by atoms with Gasteiger partial charge in [0.2, 0.25) is 0 Å². The van der Waals surface area contributed by atoms with Crippen LogP contribution in [0.1, 0.15) is 24.4 Å². The van der Waals surface area contributed by atoms with Crippen molar-refractivity contribution in [3.8, 4) is 0 Å². The van der Waals surface area contributed by atoms with Crippen molar-refractivity contribution in [3.05, 3.63) is 60.2 Å². The van der Waals surface area contributed by atoms with Gasteiger partial charge in [0.1, 0.15) is 0 Å². The number of rotatable bonds is 2. The van der Waals surface area contributed by atoms with E-state index in [0.717, 1.165) is 24.1 Å². The number of fused-ring (bicyclic) bond motifs is 4. The van der Waals surface area contributed by atoms with Crippen LogP contribution in [-0.2, 0) is 14.9 Å². The molecule has 2 heterocycles.